The van der Waals surface area contributed by atoms with Gasteiger partial charge in [0.25, 0.3) is 10.0 Å². The monoisotopic (exact) mass is 351 g/mol. The lowest BCUT2D eigenvalue weighted by Gasteiger charge is -2.17. The van der Waals surface area contributed by atoms with Crippen molar-refractivity contribution >= 4 is 16.1 Å². The minimum Gasteiger partial charge on any atom is -0.248 e. The van der Waals surface area contributed by atoms with Crippen molar-refractivity contribution in [2.75, 3.05) is 0 Å². The number of nitrogens with zero attached hydrogens (tertiary/aromatic N) is 1. The second kappa shape index (κ2) is 5.88. The van der Waals surface area contributed by atoms with Crippen LogP contribution in [0.5, 0.6) is 0 Å². The highest BCUT2D eigenvalue weighted by Crippen LogP contribution is 2.34. The Hall–Kier alpha value is -2.33. The molecule has 0 fully saturated rings. The van der Waals surface area contributed by atoms with Gasteiger partial charge in [0.2, 0.25) is 0 Å². The maximum atomic E-state index is 12.9. The lowest BCUT2D eigenvalue weighted by atomic mass is 9.87. The predicted octanol–water partition coefficient (Wildman–Crippen LogP) is 4.50. The summed E-state index contributed by atoms with van der Waals surface area (Å²) in [4.78, 5) is 0.320. The lowest BCUT2D eigenvalue weighted by Crippen LogP contribution is -2.11. The van der Waals surface area contributed by atoms with E-state index in [9.17, 15) is 8.42 Å². The highest BCUT2D eigenvalue weighted by molar-refractivity contribution is 7.90. The van der Waals surface area contributed by atoms with Gasteiger partial charge in [-0.2, -0.15) is 0 Å². The number of rotatable bonds is 2. The third-order valence-corrected chi connectivity index (χ3v) is 6.66. The van der Waals surface area contributed by atoms with Crippen LogP contribution in [0.15, 0.2) is 70.9 Å². The lowest BCUT2D eigenvalue weighted by molar-refractivity contribution is 0.587. The summed E-state index contributed by atoms with van der Waals surface area (Å²) in [7, 11) is -3.56. The summed E-state index contributed by atoms with van der Waals surface area (Å²) < 4.78 is 27.2. The largest absolute Gasteiger partial charge is 0.267 e. The van der Waals surface area contributed by atoms with Crippen molar-refractivity contribution in [3.05, 3.63) is 82.7 Å². The first kappa shape index (κ1) is 16.2. The summed E-state index contributed by atoms with van der Waals surface area (Å²) >= 11 is 0. The van der Waals surface area contributed by atoms with Crippen molar-refractivity contribution in [1.82, 2.24) is 3.97 Å². The molecule has 2 aliphatic carbocycles. The summed E-state index contributed by atoms with van der Waals surface area (Å²) in [6.45, 7) is 4.16. The molecular weight excluding hydrogens is 330 g/mol. The second-order valence-electron chi connectivity index (χ2n) is 6.88. The van der Waals surface area contributed by atoms with Gasteiger partial charge in [-0.25, -0.2) is 12.4 Å². The molecule has 0 amide bonds. The van der Waals surface area contributed by atoms with Crippen molar-refractivity contribution in [1.29, 1.82) is 0 Å². The molecule has 128 valence electrons. The van der Waals surface area contributed by atoms with E-state index in [-0.39, 0.29) is 0 Å². The van der Waals surface area contributed by atoms with Gasteiger partial charge in [-0.15, -0.1) is 0 Å². The Morgan fingerprint density at radius 3 is 2.56 bits per heavy atom. The number of allylic oxidation sites excluding steroid dienone is 5. The molecule has 1 heterocycles. The number of benzene rings is 1. The van der Waals surface area contributed by atoms with Crippen LogP contribution in [-0.4, -0.2) is 12.4 Å². The molecular formula is C21H21NO2S. The van der Waals surface area contributed by atoms with Crippen LogP contribution in [0.1, 0.15) is 30.0 Å². The fraction of sp³-hybridized carbons (Fsp3) is 0.238. The van der Waals surface area contributed by atoms with Gasteiger partial charge in [0.15, 0.2) is 0 Å². The number of aromatic nitrogens is 1. The van der Waals surface area contributed by atoms with Gasteiger partial charge in [-0.05, 0) is 60.1 Å². The Labute approximate surface area is 149 Å². The van der Waals surface area contributed by atoms with E-state index >= 15 is 0 Å². The van der Waals surface area contributed by atoms with Crippen molar-refractivity contribution in [3.63, 3.8) is 0 Å². The Kier molecular flexibility index (Phi) is 3.80. The van der Waals surface area contributed by atoms with Gasteiger partial charge in [-0.3, -0.25) is 0 Å². The van der Waals surface area contributed by atoms with Crippen LogP contribution in [0.3, 0.4) is 0 Å². The SMILES string of the molecule is Cc1ccc(S(=O)(=O)n2cc3c(c2)CC(C)C2=CCC=C2/C=C\3)cc1. The minimum atomic E-state index is -3.56. The van der Waals surface area contributed by atoms with Gasteiger partial charge in [-0.1, -0.05) is 48.9 Å². The molecule has 1 unspecified atom stereocenters. The summed E-state index contributed by atoms with van der Waals surface area (Å²) in [5.41, 5.74) is 5.74. The first-order valence-corrected chi connectivity index (χ1v) is 10.0. The van der Waals surface area contributed by atoms with Crippen molar-refractivity contribution < 1.29 is 8.42 Å². The molecule has 0 N–H and O–H groups in total. The third kappa shape index (κ3) is 2.81. The molecule has 4 heteroatoms. The van der Waals surface area contributed by atoms with Crippen LogP contribution in [0.25, 0.3) is 6.08 Å². The molecule has 2 aliphatic rings. The molecule has 0 bridgehead atoms. The van der Waals surface area contributed by atoms with E-state index in [0.717, 1.165) is 29.5 Å². The van der Waals surface area contributed by atoms with E-state index in [0.29, 0.717) is 10.8 Å². The Bertz CT molecular complexity index is 1020. The quantitative estimate of drug-likeness (QED) is 0.799. The molecule has 25 heavy (non-hydrogen) atoms. The molecule has 1 aromatic carbocycles. The highest BCUT2D eigenvalue weighted by atomic mass is 32.2. The van der Waals surface area contributed by atoms with E-state index < -0.39 is 10.0 Å². The maximum Gasteiger partial charge on any atom is 0.267 e. The summed E-state index contributed by atoms with van der Waals surface area (Å²) in [5.74, 6) is 0.385. The van der Waals surface area contributed by atoms with Crippen LogP contribution in [-0.2, 0) is 16.4 Å². The summed E-state index contributed by atoms with van der Waals surface area (Å²) in [6, 6.07) is 6.99. The predicted molar refractivity (Wildman–Crippen MR) is 101 cm³/mol. The summed E-state index contributed by atoms with van der Waals surface area (Å²) in [5, 5.41) is 0. The molecule has 3 nitrogen and oxygen atoms in total. The van der Waals surface area contributed by atoms with Crippen LogP contribution >= 0.6 is 0 Å². The molecule has 1 aromatic heterocycles. The maximum absolute atomic E-state index is 12.9. The van der Waals surface area contributed by atoms with Crippen molar-refractivity contribution in [2.24, 2.45) is 5.92 Å². The number of fused-ring (bicyclic) bond motifs is 2. The van der Waals surface area contributed by atoms with E-state index in [1.807, 2.05) is 25.1 Å². The molecule has 0 aliphatic heterocycles. The molecule has 0 radical (unpaired) electrons. The fourth-order valence-corrected chi connectivity index (χ4v) is 4.84. The topological polar surface area (TPSA) is 39.1 Å². The average molecular weight is 351 g/mol. The van der Waals surface area contributed by atoms with Crippen molar-refractivity contribution in [2.45, 2.75) is 31.6 Å². The molecule has 0 spiro atoms. The molecule has 0 saturated heterocycles. The Morgan fingerprint density at radius 1 is 1.04 bits per heavy atom. The van der Waals surface area contributed by atoms with Gasteiger partial charge in [0.1, 0.15) is 0 Å². The average Bonchev–Trinajstić information content (AvgIpc) is 3.19. The van der Waals surface area contributed by atoms with Crippen LogP contribution in [0.4, 0.5) is 0 Å². The summed E-state index contributed by atoms with van der Waals surface area (Å²) in [6.07, 6.45) is 14.0. The number of hydrogen-bond acceptors (Lipinski definition) is 2. The van der Waals surface area contributed by atoms with E-state index in [4.69, 9.17) is 0 Å². The van der Waals surface area contributed by atoms with Gasteiger partial charge in [0, 0.05) is 12.4 Å². The van der Waals surface area contributed by atoms with Gasteiger partial charge in [0.05, 0.1) is 4.90 Å². The molecule has 1 atom stereocenters. The van der Waals surface area contributed by atoms with Crippen molar-refractivity contribution in [3.8, 4) is 0 Å². The highest BCUT2D eigenvalue weighted by Gasteiger charge is 2.23. The zero-order chi connectivity index (χ0) is 17.6. The van der Waals surface area contributed by atoms with Gasteiger partial charge < -0.3 is 0 Å². The van der Waals surface area contributed by atoms with Crippen LogP contribution < -0.4 is 0 Å². The van der Waals surface area contributed by atoms with E-state index in [1.165, 1.54) is 15.1 Å². The molecule has 0 saturated carbocycles. The van der Waals surface area contributed by atoms with Gasteiger partial charge >= 0.3 is 0 Å². The van der Waals surface area contributed by atoms with Crippen LogP contribution in [0, 0.1) is 12.8 Å². The minimum absolute atomic E-state index is 0.320. The zero-order valence-electron chi connectivity index (χ0n) is 14.4. The normalized spacial score (nSPS) is 20.8. The smallest absolute Gasteiger partial charge is 0.248 e. The third-order valence-electron chi connectivity index (χ3n) is 5.02. The second-order valence-corrected chi connectivity index (χ2v) is 8.72. The fourth-order valence-electron chi connectivity index (χ4n) is 3.59. The molecule has 4 rings (SSSR count). The Balaban J connectivity index is 1.77. The van der Waals surface area contributed by atoms with Crippen LogP contribution in [0.2, 0.25) is 0 Å². The Morgan fingerprint density at radius 2 is 1.80 bits per heavy atom. The zero-order valence-corrected chi connectivity index (χ0v) is 15.3. The van der Waals surface area contributed by atoms with E-state index in [2.05, 4.69) is 25.2 Å². The van der Waals surface area contributed by atoms with E-state index in [1.54, 1.807) is 24.5 Å². The standard InChI is InChI=1S/C21H21NO2S/c1-15-6-10-20(11-7-15)25(23,24)22-13-18-9-8-17-4-3-5-21(17)16(2)12-19(18)14-22/h4-11,13-14,16H,3,12H2,1-2H3/b9-8-. The number of aryl methyl sites for hydroxylation is 1. The first-order chi connectivity index (χ1) is 11.9. The number of hydrogen-bond donors (Lipinski definition) is 0. The molecule has 2 aromatic rings. The first-order valence-electron chi connectivity index (χ1n) is 8.57.